The highest BCUT2D eigenvalue weighted by atomic mass is 32.2. The van der Waals surface area contributed by atoms with E-state index in [1.54, 1.807) is 19.1 Å². The Morgan fingerprint density at radius 2 is 1.71 bits per heavy atom. The first kappa shape index (κ1) is 21.6. The Bertz CT molecular complexity index is 981. The molecule has 1 N–H and O–H groups in total. The number of amides is 1. The number of rotatable bonds is 7. The molecule has 0 aromatic heterocycles. The number of ether oxygens (including phenoxy) is 1. The fourth-order valence-corrected chi connectivity index (χ4v) is 3.18. The third kappa shape index (κ3) is 5.40. The smallest absolute Gasteiger partial charge is 0.277 e. The molecule has 0 bridgehead atoms. The van der Waals surface area contributed by atoms with Gasteiger partial charge in [-0.3, -0.25) is 4.79 Å². The molecule has 2 aromatic carbocycles. The molecule has 28 heavy (non-hydrogen) atoms. The number of hydrogen-bond donors (Lipinski definition) is 1. The van der Waals surface area contributed by atoms with E-state index in [0.717, 1.165) is 15.4 Å². The molecule has 1 amide bonds. The van der Waals surface area contributed by atoms with E-state index in [2.05, 4.69) is 10.5 Å². The number of aryl methyl sites for hydroxylation is 2. The summed E-state index contributed by atoms with van der Waals surface area (Å²) in [6, 6.07) is 11.9. The van der Waals surface area contributed by atoms with Crippen molar-refractivity contribution in [1.29, 1.82) is 0 Å². The maximum Gasteiger partial charge on any atom is 0.277 e. The van der Waals surface area contributed by atoms with Crippen molar-refractivity contribution in [2.45, 2.75) is 25.7 Å². The third-order valence-corrected chi connectivity index (χ3v) is 6.08. The lowest BCUT2D eigenvalue weighted by Gasteiger charge is -2.11. The summed E-state index contributed by atoms with van der Waals surface area (Å²) in [6.45, 7) is 5.55. The van der Waals surface area contributed by atoms with E-state index in [1.165, 1.54) is 26.2 Å². The number of sulfonamides is 1. The summed E-state index contributed by atoms with van der Waals surface area (Å²) >= 11 is 0. The maximum absolute atomic E-state index is 12.1. The van der Waals surface area contributed by atoms with Crippen molar-refractivity contribution in [3.05, 3.63) is 59.2 Å². The van der Waals surface area contributed by atoms with E-state index >= 15 is 0 Å². The predicted octanol–water partition coefficient (Wildman–Crippen LogP) is 2.47. The van der Waals surface area contributed by atoms with Crippen LogP contribution in [0.4, 0.5) is 0 Å². The summed E-state index contributed by atoms with van der Waals surface area (Å²) in [5.74, 6) is 0.237. The van der Waals surface area contributed by atoms with Gasteiger partial charge in [-0.1, -0.05) is 18.2 Å². The predicted molar refractivity (Wildman–Crippen MR) is 109 cm³/mol. The van der Waals surface area contributed by atoms with Gasteiger partial charge in [0.25, 0.3) is 5.91 Å². The first-order valence-electron chi connectivity index (χ1n) is 8.67. The lowest BCUT2D eigenvalue weighted by atomic mass is 10.1. The third-order valence-electron chi connectivity index (χ3n) is 4.25. The summed E-state index contributed by atoms with van der Waals surface area (Å²) in [5, 5.41) is 4.04. The SMILES string of the molecule is C/C(=N/NC(=O)COc1ccc(C)c(C)c1)c1ccc(S(=O)(=O)N(C)C)cc1. The van der Waals surface area contributed by atoms with Crippen molar-refractivity contribution in [2.24, 2.45) is 5.10 Å². The molecular weight excluding hydrogens is 378 g/mol. The molecule has 0 heterocycles. The summed E-state index contributed by atoms with van der Waals surface area (Å²) < 4.78 is 30.8. The van der Waals surface area contributed by atoms with Gasteiger partial charge in [0.15, 0.2) is 6.61 Å². The lowest BCUT2D eigenvalue weighted by Crippen LogP contribution is -2.25. The van der Waals surface area contributed by atoms with Crippen molar-refractivity contribution >= 4 is 21.6 Å². The zero-order chi connectivity index (χ0) is 20.9. The molecule has 7 nitrogen and oxygen atoms in total. The van der Waals surface area contributed by atoms with E-state index in [0.29, 0.717) is 17.0 Å². The summed E-state index contributed by atoms with van der Waals surface area (Å²) in [4.78, 5) is 12.1. The first-order valence-corrected chi connectivity index (χ1v) is 10.1. The molecule has 0 aliphatic rings. The molecule has 0 aliphatic carbocycles. The van der Waals surface area contributed by atoms with Gasteiger partial charge >= 0.3 is 0 Å². The standard InChI is InChI=1S/C20H25N3O4S/c1-14-6-9-18(12-15(14)2)27-13-20(24)22-21-16(3)17-7-10-19(11-8-17)28(25,26)23(4)5/h6-12H,13H2,1-5H3,(H,22,24)/b21-16-. The number of carbonyl (C=O) groups excluding carboxylic acids is 1. The second-order valence-electron chi connectivity index (χ2n) is 6.58. The summed E-state index contributed by atoms with van der Waals surface area (Å²) in [5.41, 5.74) is 5.93. The molecule has 150 valence electrons. The maximum atomic E-state index is 12.1. The summed E-state index contributed by atoms with van der Waals surface area (Å²) in [7, 11) is -0.522. The van der Waals surface area contributed by atoms with Crippen molar-refractivity contribution in [1.82, 2.24) is 9.73 Å². The Morgan fingerprint density at radius 3 is 2.29 bits per heavy atom. The van der Waals surface area contributed by atoms with Gasteiger partial charge in [-0.2, -0.15) is 5.10 Å². The fourth-order valence-electron chi connectivity index (χ4n) is 2.27. The van der Waals surface area contributed by atoms with Crippen molar-refractivity contribution in [3.8, 4) is 5.75 Å². The highest BCUT2D eigenvalue weighted by Crippen LogP contribution is 2.16. The zero-order valence-corrected chi connectivity index (χ0v) is 17.5. The van der Waals surface area contributed by atoms with E-state index in [1.807, 2.05) is 32.0 Å². The van der Waals surface area contributed by atoms with Crippen molar-refractivity contribution in [2.75, 3.05) is 20.7 Å². The highest BCUT2D eigenvalue weighted by Gasteiger charge is 2.16. The molecule has 0 spiro atoms. The lowest BCUT2D eigenvalue weighted by molar-refractivity contribution is -0.123. The van der Waals surface area contributed by atoms with Crippen LogP contribution in [0.25, 0.3) is 0 Å². The van der Waals surface area contributed by atoms with Gasteiger partial charge in [-0.15, -0.1) is 0 Å². The second-order valence-corrected chi connectivity index (χ2v) is 8.73. The van der Waals surface area contributed by atoms with Crippen molar-refractivity contribution < 1.29 is 17.9 Å². The molecule has 2 aromatic rings. The molecule has 0 radical (unpaired) electrons. The van der Waals surface area contributed by atoms with Crippen LogP contribution < -0.4 is 10.2 Å². The zero-order valence-electron chi connectivity index (χ0n) is 16.7. The highest BCUT2D eigenvalue weighted by molar-refractivity contribution is 7.89. The van der Waals surface area contributed by atoms with Gasteiger partial charge in [-0.05, 0) is 61.7 Å². The normalized spacial score (nSPS) is 12.1. The van der Waals surface area contributed by atoms with Crippen molar-refractivity contribution in [3.63, 3.8) is 0 Å². The number of carbonyl (C=O) groups is 1. The number of hydrazone groups is 1. The van der Waals surface area contributed by atoms with Crippen LogP contribution in [-0.2, 0) is 14.8 Å². The molecule has 0 unspecified atom stereocenters. The van der Waals surface area contributed by atoms with Gasteiger partial charge in [0.2, 0.25) is 10.0 Å². The van der Waals surface area contributed by atoms with Crippen LogP contribution in [0.5, 0.6) is 5.75 Å². The van der Waals surface area contributed by atoms with Gasteiger partial charge in [-0.25, -0.2) is 18.1 Å². The van der Waals surface area contributed by atoms with Crippen LogP contribution in [0.2, 0.25) is 0 Å². The van der Waals surface area contributed by atoms with E-state index in [4.69, 9.17) is 4.74 Å². The van der Waals surface area contributed by atoms with Crippen LogP contribution in [0.3, 0.4) is 0 Å². The van der Waals surface area contributed by atoms with Crippen LogP contribution in [0.15, 0.2) is 52.5 Å². The Labute approximate surface area is 166 Å². The minimum Gasteiger partial charge on any atom is -0.484 e. The monoisotopic (exact) mass is 403 g/mol. The molecule has 0 atom stereocenters. The first-order chi connectivity index (χ1) is 13.1. The second kappa shape index (κ2) is 8.99. The molecule has 0 saturated carbocycles. The Kier molecular flexibility index (Phi) is 6.93. The topological polar surface area (TPSA) is 88.1 Å². The largest absolute Gasteiger partial charge is 0.484 e. The van der Waals surface area contributed by atoms with Crippen LogP contribution in [0.1, 0.15) is 23.6 Å². The van der Waals surface area contributed by atoms with Gasteiger partial charge in [0.05, 0.1) is 10.6 Å². The summed E-state index contributed by atoms with van der Waals surface area (Å²) in [6.07, 6.45) is 0. The van der Waals surface area contributed by atoms with E-state index < -0.39 is 10.0 Å². The van der Waals surface area contributed by atoms with Crippen LogP contribution >= 0.6 is 0 Å². The number of hydrogen-bond acceptors (Lipinski definition) is 5. The number of benzene rings is 2. The Balaban J connectivity index is 1.96. The van der Waals surface area contributed by atoms with Gasteiger partial charge < -0.3 is 4.74 Å². The van der Waals surface area contributed by atoms with Crippen LogP contribution in [-0.4, -0.2) is 45.0 Å². The Morgan fingerprint density at radius 1 is 1.07 bits per heavy atom. The molecule has 0 saturated heterocycles. The molecule has 8 heteroatoms. The molecule has 2 rings (SSSR count). The van der Waals surface area contributed by atoms with Crippen LogP contribution in [0, 0.1) is 13.8 Å². The number of nitrogens with zero attached hydrogens (tertiary/aromatic N) is 2. The minimum absolute atomic E-state index is 0.153. The fraction of sp³-hybridized carbons (Fsp3) is 0.300. The van der Waals surface area contributed by atoms with Gasteiger partial charge in [0.1, 0.15) is 5.75 Å². The van der Waals surface area contributed by atoms with Gasteiger partial charge in [0, 0.05) is 14.1 Å². The average molecular weight is 404 g/mol. The molecule has 0 fully saturated rings. The molecular formula is C20H25N3O4S. The van der Waals surface area contributed by atoms with E-state index in [-0.39, 0.29) is 17.4 Å². The average Bonchev–Trinajstić information content (AvgIpc) is 2.67. The minimum atomic E-state index is -3.48. The quantitative estimate of drug-likeness (QED) is 0.568. The molecule has 0 aliphatic heterocycles. The Hall–Kier alpha value is -2.71. The van der Waals surface area contributed by atoms with E-state index in [9.17, 15) is 13.2 Å². The number of nitrogens with one attached hydrogen (secondary N) is 1.